The minimum absolute atomic E-state index is 0.548. The average molecular weight is 838 g/mol. The molecule has 0 saturated carbocycles. The maximum absolute atomic E-state index is 5.50. The molecule has 0 atom stereocenters. The van der Waals surface area contributed by atoms with Crippen molar-refractivity contribution in [1.82, 2.24) is 15.0 Å². The lowest BCUT2D eigenvalue weighted by Gasteiger charge is -2.33. The average Bonchev–Trinajstić information content (AvgIpc) is 4.03. The second kappa shape index (κ2) is 14.2. The number of hydrogen-bond donors (Lipinski definition) is 0. The lowest BCUT2D eigenvalue weighted by molar-refractivity contribution is 0.768. The van der Waals surface area contributed by atoms with Crippen LogP contribution in [0.15, 0.2) is 212 Å². The van der Waals surface area contributed by atoms with Crippen molar-refractivity contribution >= 4 is 63.0 Å². The fraction of sp³-hybridized carbons (Fsp3) is 0.0172. The Morgan fingerprint density at radius 3 is 1.48 bits per heavy atom. The molecule has 0 bridgehead atoms. The van der Waals surface area contributed by atoms with Gasteiger partial charge in [-0.15, -0.1) is 22.7 Å². The molecule has 0 unspecified atom stereocenters. The van der Waals surface area contributed by atoms with Gasteiger partial charge in [0.15, 0.2) is 17.5 Å². The molecule has 0 spiro atoms. The zero-order valence-electron chi connectivity index (χ0n) is 33.9. The molecule has 63 heavy (non-hydrogen) atoms. The summed E-state index contributed by atoms with van der Waals surface area (Å²) in [5, 5.41) is 5.02. The highest BCUT2D eigenvalue weighted by Gasteiger charge is 2.47. The van der Waals surface area contributed by atoms with Crippen LogP contribution in [0.25, 0.3) is 96.8 Å². The molecule has 0 saturated heterocycles. The molecule has 0 fully saturated rings. The zero-order valence-corrected chi connectivity index (χ0v) is 35.5. The third-order valence-corrected chi connectivity index (χ3v) is 15.3. The van der Waals surface area contributed by atoms with Crippen LogP contribution in [0.4, 0.5) is 0 Å². The van der Waals surface area contributed by atoms with Crippen LogP contribution in [0.2, 0.25) is 0 Å². The number of nitrogens with zero attached hydrogens (tertiary/aromatic N) is 3. The first kappa shape index (κ1) is 36.1. The fourth-order valence-corrected chi connectivity index (χ4v) is 12.6. The molecule has 1 aliphatic carbocycles. The minimum Gasteiger partial charge on any atom is -0.208 e. The molecule has 9 aromatic carbocycles. The van der Waals surface area contributed by atoms with Crippen molar-refractivity contribution in [3.8, 4) is 56.4 Å². The highest BCUT2D eigenvalue weighted by Crippen LogP contribution is 2.58. The smallest absolute Gasteiger partial charge is 0.165 e. The topological polar surface area (TPSA) is 38.7 Å². The molecule has 0 amide bonds. The predicted octanol–water partition coefficient (Wildman–Crippen LogP) is 15.6. The molecular formula is C58H35N3S2. The van der Waals surface area contributed by atoms with Crippen molar-refractivity contribution in [3.63, 3.8) is 0 Å². The summed E-state index contributed by atoms with van der Waals surface area (Å²) in [5.41, 5.74) is 11.9. The van der Waals surface area contributed by atoms with E-state index in [9.17, 15) is 0 Å². The van der Waals surface area contributed by atoms with Crippen molar-refractivity contribution in [2.24, 2.45) is 0 Å². The van der Waals surface area contributed by atoms with E-state index in [1.165, 1.54) is 73.7 Å². The second-order valence-electron chi connectivity index (χ2n) is 16.2. The summed E-state index contributed by atoms with van der Waals surface area (Å²) >= 11 is 3.64. The third kappa shape index (κ3) is 5.47. The van der Waals surface area contributed by atoms with Gasteiger partial charge in [-0.1, -0.05) is 188 Å². The first-order valence-corrected chi connectivity index (χ1v) is 22.9. The van der Waals surface area contributed by atoms with Crippen LogP contribution in [0.1, 0.15) is 22.3 Å². The Labute approximate surface area is 372 Å². The Bertz CT molecular complexity index is 3720. The summed E-state index contributed by atoms with van der Waals surface area (Å²) in [4.78, 5) is 16.4. The highest BCUT2D eigenvalue weighted by atomic mass is 32.1. The summed E-state index contributed by atoms with van der Waals surface area (Å²) in [5.74, 6) is 1.94. The van der Waals surface area contributed by atoms with Crippen LogP contribution >= 0.6 is 22.7 Å². The van der Waals surface area contributed by atoms with Gasteiger partial charge in [0.1, 0.15) is 0 Å². The molecule has 0 aliphatic heterocycles. The van der Waals surface area contributed by atoms with Crippen LogP contribution in [0, 0.1) is 0 Å². The Morgan fingerprint density at radius 1 is 0.317 bits per heavy atom. The van der Waals surface area contributed by atoms with Gasteiger partial charge >= 0.3 is 0 Å². The van der Waals surface area contributed by atoms with E-state index in [2.05, 4.69) is 212 Å². The Balaban J connectivity index is 1.07. The quantitative estimate of drug-likeness (QED) is 0.167. The molecule has 13 rings (SSSR count). The molecule has 3 aromatic heterocycles. The third-order valence-electron chi connectivity index (χ3n) is 12.8. The molecule has 294 valence electrons. The van der Waals surface area contributed by atoms with Gasteiger partial charge in [0.2, 0.25) is 0 Å². The molecule has 0 radical (unpaired) electrons. The highest BCUT2D eigenvalue weighted by molar-refractivity contribution is 7.26. The van der Waals surface area contributed by atoms with E-state index in [0.29, 0.717) is 17.5 Å². The van der Waals surface area contributed by atoms with Gasteiger partial charge in [-0.05, 0) is 68.8 Å². The van der Waals surface area contributed by atoms with Crippen molar-refractivity contribution in [2.45, 2.75) is 5.41 Å². The van der Waals surface area contributed by atoms with Crippen LogP contribution in [0.3, 0.4) is 0 Å². The summed E-state index contributed by atoms with van der Waals surface area (Å²) in [7, 11) is 0. The molecule has 1 aliphatic rings. The molecular weight excluding hydrogens is 803 g/mol. The minimum atomic E-state index is -0.548. The largest absolute Gasteiger partial charge is 0.208 e. The van der Waals surface area contributed by atoms with E-state index in [1.807, 2.05) is 11.3 Å². The van der Waals surface area contributed by atoms with Gasteiger partial charge in [0.05, 0.1) is 5.41 Å². The van der Waals surface area contributed by atoms with Crippen molar-refractivity contribution < 1.29 is 0 Å². The van der Waals surface area contributed by atoms with Gasteiger partial charge in [-0.2, -0.15) is 0 Å². The Morgan fingerprint density at radius 2 is 0.778 bits per heavy atom. The number of aromatic nitrogens is 3. The molecule has 12 aromatic rings. The first-order valence-electron chi connectivity index (χ1n) is 21.3. The van der Waals surface area contributed by atoms with Gasteiger partial charge in [-0.3, -0.25) is 0 Å². The van der Waals surface area contributed by atoms with Crippen molar-refractivity contribution in [2.75, 3.05) is 0 Å². The van der Waals surface area contributed by atoms with E-state index < -0.39 is 5.41 Å². The van der Waals surface area contributed by atoms with E-state index in [-0.39, 0.29) is 0 Å². The second-order valence-corrected chi connectivity index (χ2v) is 18.3. The maximum Gasteiger partial charge on any atom is 0.165 e. The monoisotopic (exact) mass is 837 g/mol. The van der Waals surface area contributed by atoms with Crippen LogP contribution in [-0.4, -0.2) is 15.0 Å². The number of hydrogen-bond acceptors (Lipinski definition) is 5. The van der Waals surface area contributed by atoms with Crippen molar-refractivity contribution in [1.29, 1.82) is 0 Å². The van der Waals surface area contributed by atoms with E-state index in [0.717, 1.165) is 27.8 Å². The summed E-state index contributed by atoms with van der Waals surface area (Å²) in [6.45, 7) is 0. The number of fused-ring (bicyclic) bond motifs is 9. The summed E-state index contributed by atoms with van der Waals surface area (Å²) in [6.07, 6.45) is 0. The summed E-state index contributed by atoms with van der Waals surface area (Å²) < 4.78 is 4.98. The summed E-state index contributed by atoms with van der Waals surface area (Å²) in [6, 6.07) is 76.7. The molecule has 0 N–H and O–H groups in total. The fourth-order valence-electron chi connectivity index (χ4n) is 10.1. The van der Waals surface area contributed by atoms with Crippen LogP contribution < -0.4 is 0 Å². The van der Waals surface area contributed by atoms with Crippen LogP contribution in [0.5, 0.6) is 0 Å². The van der Waals surface area contributed by atoms with Gasteiger partial charge in [0, 0.05) is 57.0 Å². The lowest BCUT2D eigenvalue weighted by Crippen LogP contribution is -2.28. The predicted molar refractivity (Wildman–Crippen MR) is 265 cm³/mol. The van der Waals surface area contributed by atoms with E-state index >= 15 is 0 Å². The maximum atomic E-state index is 5.50. The number of thiophene rings is 2. The number of rotatable bonds is 6. The molecule has 3 nitrogen and oxygen atoms in total. The molecule has 5 heteroatoms. The normalized spacial score (nSPS) is 12.9. The Kier molecular flexibility index (Phi) is 8.17. The SMILES string of the molecule is c1ccc(C2(c3ccccc3)c3ccccc3-c3c(-c4nc(-c5cccc(-c6cccc7c6sc6ccccc67)c5)nc(-c5cccc6c5sc5ccccc56)n4)cccc32)cc1. The van der Waals surface area contributed by atoms with E-state index in [1.54, 1.807) is 11.3 Å². The van der Waals surface area contributed by atoms with Crippen molar-refractivity contribution in [3.05, 3.63) is 235 Å². The van der Waals surface area contributed by atoms with Gasteiger partial charge in [0.25, 0.3) is 0 Å². The van der Waals surface area contributed by atoms with Gasteiger partial charge < -0.3 is 0 Å². The zero-order chi connectivity index (χ0) is 41.5. The Hall–Kier alpha value is -7.57. The van der Waals surface area contributed by atoms with Gasteiger partial charge in [-0.25, -0.2) is 15.0 Å². The first-order chi connectivity index (χ1) is 31.2. The lowest BCUT2D eigenvalue weighted by atomic mass is 9.67. The number of benzene rings is 9. The molecule has 3 heterocycles. The standard InChI is InChI=1S/C58H35N3S2/c1-3-19-38(20-4-1)58(39-21-5-2-6-22-39)48-31-10-7-25-45(48)52-46(29-16-32-49(52)58)56-59-55(60-57(61-56)47-30-15-28-44-42-24-9-12-34-51(42)63-54(44)47)37-18-13-17-36(35-37)40-26-14-27-43-41-23-8-11-33-50(41)62-53(40)43/h1-35H. The van der Waals surface area contributed by atoms with E-state index in [4.69, 9.17) is 15.0 Å². The van der Waals surface area contributed by atoms with Crippen LogP contribution in [-0.2, 0) is 5.41 Å².